The fourth-order valence-corrected chi connectivity index (χ4v) is 2.08. The zero-order chi connectivity index (χ0) is 14.5. The minimum Gasteiger partial charge on any atom is -0.462 e. The Morgan fingerprint density at radius 1 is 1.00 bits per heavy atom. The lowest BCUT2D eigenvalue weighted by molar-refractivity contribution is 0.0523. The van der Waals surface area contributed by atoms with Crippen molar-refractivity contribution in [2.75, 3.05) is 6.61 Å². The third kappa shape index (κ3) is 2.77. The summed E-state index contributed by atoms with van der Waals surface area (Å²) in [6.07, 6.45) is 0. The molecule has 0 spiro atoms. The summed E-state index contributed by atoms with van der Waals surface area (Å²) in [7, 11) is 0. The van der Waals surface area contributed by atoms with Gasteiger partial charge in [-0.25, -0.2) is 4.79 Å². The summed E-state index contributed by atoms with van der Waals surface area (Å²) >= 11 is 0. The molecule has 2 aromatic carbocycles. The van der Waals surface area contributed by atoms with E-state index in [2.05, 4.69) is 0 Å². The van der Waals surface area contributed by atoms with Crippen LogP contribution in [0.1, 0.15) is 38.8 Å². The molecule has 20 heavy (non-hydrogen) atoms. The van der Waals surface area contributed by atoms with Crippen LogP contribution in [0.3, 0.4) is 0 Å². The van der Waals surface area contributed by atoms with Gasteiger partial charge in [0, 0.05) is 11.1 Å². The molecule has 0 heterocycles. The molecular formula is C17H16O3. The van der Waals surface area contributed by atoms with Crippen LogP contribution < -0.4 is 0 Å². The summed E-state index contributed by atoms with van der Waals surface area (Å²) in [5.74, 6) is -0.623. The molecule has 0 saturated heterocycles. The summed E-state index contributed by atoms with van der Waals surface area (Å²) in [5.41, 5.74) is 2.06. The van der Waals surface area contributed by atoms with Crippen LogP contribution in [-0.4, -0.2) is 18.4 Å². The van der Waals surface area contributed by atoms with Gasteiger partial charge in [0.25, 0.3) is 0 Å². The van der Waals surface area contributed by atoms with E-state index < -0.39 is 5.97 Å². The fraction of sp³-hybridized carbons (Fsp3) is 0.176. The average Bonchev–Trinajstić information content (AvgIpc) is 2.47. The van der Waals surface area contributed by atoms with Crippen molar-refractivity contribution in [1.82, 2.24) is 0 Å². The molecule has 3 nitrogen and oxygen atoms in total. The number of ketones is 1. The van der Waals surface area contributed by atoms with Crippen LogP contribution in [0, 0.1) is 6.92 Å². The van der Waals surface area contributed by atoms with Crippen molar-refractivity contribution in [2.24, 2.45) is 0 Å². The molecule has 0 bridgehead atoms. The number of hydrogen-bond acceptors (Lipinski definition) is 3. The summed E-state index contributed by atoms with van der Waals surface area (Å²) < 4.78 is 5.02. The fourth-order valence-electron chi connectivity index (χ4n) is 2.08. The smallest absolute Gasteiger partial charge is 0.338 e. The lowest BCUT2D eigenvalue weighted by Crippen LogP contribution is -2.14. The van der Waals surface area contributed by atoms with Gasteiger partial charge >= 0.3 is 5.97 Å². The van der Waals surface area contributed by atoms with Crippen molar-refractivity contribution >= 4 is 11.8 Å². The molecule has 3 heteroatoms. The number of esters is 1. The van der Waals surface area contributed by atoms with E-state index in [1.807, 2.05) is 19.1 Å². The van der Waals surface area contributed by atoms with Crippen LogP contribution in [0.25, 0.3) is 0 Å². The van der Waals surface area contributed by atoms with Crippen molar-refractivity contribution in [3.63, 3.8) is 0 Å². The van der Waals surface area contributed by atoms with Crippen molar-refractivity contribution < 1.29 is 14.3 Å². The molecule has 0 amide bonds. The Morgan fingerprint density at radius 3 is 2.35 bits per heavy atom. The van der Waals surface area contributed by atoms with Crippen molar-refractivity contribution in [3.8, 4) is 0 Å². The minimum atomic E-state index is -0.463. The van der Waals surface area contributed by atoms with E-state index in [0.717, 1.165) is 5.56 Å². The normalized spacial score (nSPS) is 10.1. The Bertz CT molecular complexity index is 630. The highest BCUT2D eigenvalue weighted by molar-refractivity contribution is 6.15. The van der Waals surface area contributed by atoms with E-state index in [-0.39, 0.29) is 12.4 Å². The van der Waals surface area contributed by atoms with Gasteiger partial charge in [0.1, 0.15) is 0 Å². The maximum Gasteiger partial charge on any atom is 0.338 e. The molecule has 0 radical (unpaired) electrons. The molecule has 2 rings (SSSR count). The zero-order valence-electron chi connectivity index (χ0n) is 11.6. The lowest BCUT2D eigenvalue weighted by Gasteiger charge is -2.11. The second-order valence-corrected chi connectivity index (χ2v) is 4.41. The van der Waals surface area contributed by atoms with E-state index in [1.54, 1.807) is 43.3 Å². The monoisotopic (exact) mass is 268 g/mol. The lowest BCUT2D eigenvalue weighted by atomic mass is 9.94. The Morgan fingerprint density at radius 2 is 1.70 bits per heavy atom. The van der Waals surface area contributed by atoms with Gasteiger partial charge in [-0.3, -0.25) is 4.79 Å². The highest BCUT2D eigenvalue weighted by Gasteiger charge is 2.20. The van der Waals surface area contributed by atoms with Crippen molar-refractivity contribution in [2.45, 2.75) is 13.8 Å². The van der Waals surface area contributed by atoms with Crippen LogP contribution in [-0.2, 0) is 4.74 Å². The molecule has 102 valence electrons. The van der Waals surface area contributed by atoms with E-state index in [1.165, 1.54) is 0 Å². The van der Waals surface area contributed by atoms with Crippen LogP contribution in [0.2, 0.25) is 0 Å². The van der Waals surface area contributed by atoms with Gasteiger partial charge in [-0.1, -0.05) is 42.5 Å². The van der Waals surface area contributed by atoms with Gasteiger partial charge in [-0.05, 0) is 25.5 Å². The Labute approximate surface area is 118 Å². The van der Waals surface area contributed by atoms with E-state index in [4.69, 9.17) is 4.74 Å². The number of carbonyl (C=O) groups excluding carboxylic acids is 2. The first-order valence-corrected chi connectivity index (χ1v) is 6.51. The first-order chi connectivity index (χ1) is 9.65. The van der Waals surface area contributed by atoms with Gasteiger partial charge in [0.15, 0.2) is 5.78 Å². The number of ether oxygens (including phenoxy) is 1. The Hall–Kier alpha value is -2.42. The summed E-state index contributed by atoms with van der Waals surface area (Å²) in [6.45, 7) is 3.84. The number of rotatable bonds is 4. The third-order valence-electron chi connectivity index (χ3n) is 3.03. The standard InChI is InChI=1S/C17H16O3/c1-3-20-17(19)14-11-7-8-12(2)15(14)16(18)13-9-5-4-6-10-13/h4-11H,3H2,1-2H3. The highest BCUT2D eigenvalue weighted by atomic mass is 16.5. The number of hydrogen-bond donors (Lipinski definition) is 0. The summed E-state index contributed by atoms with van der Waals surface area (Å²) in [4.78, 5) is 24.6. The molecule has 0 N–H and O–H groups in total. The topological polar surface area (TPSA) is 43.4 Å². The maximum absolute atomic E-state index is 12.6. The third-order valence-corrected chi connectivity index (χ3v) is 3.03. The van der Waals surface area contributed by atoms with Crippen LogP contribution in [0.4, 0.5) is 0 Å². The van der Waals surface area contributed by atoms with Gasteiger partial charge in [-0.2, -0.15) is 0 Å². The quantitative estimate of drug-likeness (QED) is 0.630. The molecule has 0 aliphatic heterocycles. The summed E-state index contributed by atoms with van der Waals surface area (Å²) in [6, 6.07) is 14.1. The molecule has 0 aliphatic carbocycles. The molecule has 0 aliphatic rings. The minimum absolute atomic E-state index is 0.160. The SMILES string of the molecule is CCOC(=O)c1cccc(C)c1C(=O)c1ccccc1. The van der Waals surface area contributed by atoms with Gasteiger partial charge in [-0.15, -0.1) is 0 Å². The molecule has 0 unspecified atom stereocenters. The molecular weight excluding hydrogens is 252 g/mol. The first-order valence-electron chi connectivity index (χ1n) is 6.51. The van der Waals surface area contributed by atoms with Crippen LogP contribution in [0.5, 0.6) is 0 Å². The Kier molecular flexibility index (Phi) is 4.31. The molecule has 0 fully saturated rings. The first kappa shape index (κ1) is 14.0. The number of carbonyl (C=O) groups is 2. The summed E-state index contributed by atoms with van der Waals surface area (Å²) in [5, 5.41) is 0. The average molecular weight is 268 g/mol. The highest BCUT2D eigenvalue weighted by Crippen LogP contribution is 2.19. The van der Waals surface area contributed by atoms with Crippen LogP contribution in [0.15, 0.2) is 48.5 Å². The molecule has 0 saturated carbocycles. The second-order valence-electron chi connectivity index (χ2n) is 4.41. The van der Waals surface area contributed by atoms with Crippen LogP contribution >= 0.6 is 0 Å². The van der Waals surface area contributed by atoms with Gasteiger partial charge < -0.3 is 4.74 Å². The van der Waals surface area contributed by atoms with Gasteiger partial charge in [0.2, 0.25) is 0 Å². The maximum atomic E-state index is 12.6. The molecule has 0 atom stereocenters. The van der Waals surface area contributed by atoms with Gasteiger partial charge in [0.05, 0.1) is 12.2 Å². The largest absolute Gasteiger partial charge is 0.462 e. The molecule has 0 aromatic heterocycles. The van der Waals surface area contributed by atoms with E-state index in [9.17, 15) is 9.59 Å². The predicted molar refractivity (Wildman–Crippen MR) is 77.0 cm³/mol. The zero-order valence-corrected chi connectivity index (χ0v) is 11.6. The number of aryl methyl sites for hydroxylation is 1. The molecule has 2 aromatic rings. The van der Waals surface area contributed by atoms with Crippen molar-refractivity contribution in [1.29, 1.82) is 0 Å². The number of benzene rings is 2. The van der Waals surface area contributed by atoms with Crippen molar-refractivity contribution in [3.05, 3.63) is 70.8 Å². The predicted octanol–water partition coefficient (Wildman–Crippen LogP) is 3.40. The second kappa shape index (κ2) is 6.15. The van der Waals surface area contributed by atoms with E-state index >= 15 is 0 Å². The van der Waals surface area contributed by atoms with E-state index in [0.29, 0.717) is 16.7 Å². The Balaban J connectivity index is 2.50.